The molecule has 2 heterocycles. The fourth-order valence-corrected chi connectivity index (χ4v) is 3.86. The van der Waals surface area contributed by atoms with Crippen molar-refractivity contribution in [2.24, 2.45) is 5.73 Å². The van der Waals surface area contributed by atoms with Crippen LogP contribution in [-0.2, 0) is 4.79 Å². The summed E-state index contributed by atoms with van der Waals surface area (Å²) >= 11 is 3.50. The third-order valence-corrected chi connectivity index (χ3v) is 5.20. The number of nitrogens with two attached hydrogens (primary N) is 1. The van der Waals surface area contributed by atoms with Gasteiger partial charge in [0.2, 0.25) is 11.9 Å². The molecular weight excluding hydrogens is 434 g/mol. The van der Waals surface area contributed by atoms with Crippen LogP contribution in [0.4, 0.5) is 5.95 Å². The number of benzene rings is 2. The number of primary amides is 1. The summed E-state index contributed by atoms with van der Waals surface area (Å²) in [6.07, 6.45) is 0. The highest BCUT2D eigenvalue weighted by molar-refractivity contribution is 9.10. The molecule has 3 N–H and O–H groups in total. The lowest BCUT2D eigenvalue weighted by atomic mass is 9.95. The Morgan fingerprint density at radius 3 is 2.69 bits per heavy atom. The van der Waals surface area contributed by atoms with Gasteiger partial charge in [0.05, 0.1) is 12.2 Å². The lowest BCUT2D eigenvalue weighted by Gasteiger charge is -2.27. The normalized spacial score (nSPS) is 15.6. The number of nitrogens with one attached hydrogen (secondary N) is 1. The summed E-state index contributed by atoms with van der Waals surface area (Å²) in [5, 5.41) is 7.86. The van der Waals surface area contributed by atoms with Crippen LogP contribution < -0.4 is 15.8 Å². The average Bonchev–Trinajstić information content (AvgIpc) is 3.11. The van der Waals surface area contributed by atoms with E-state index < -0.39 is 11.9 Å². The van der Waals surface area contributed by atoms with E-state index in [1.54, 1.807) is 4.68 Å². The van der Waals surface area contributed by atoms with Crippen LogP contribution in [0.2, 0.25) is 0 Å². The first kappa shape index (κ1) is 19.2. The van der Waals surface area contributed by atoms with Gasteiger partial charge in [0.1, 0.15) is 11.8 Å². The van der Waals surface area contributed by atoms with Crippen molar-refractivity contribution in [2.45, 2.75) is 19.9 Å². The van der Waals surface area contributed by atoms with Gasteiger partial charge in [-0.15, -0.1) is 5.10 Å². The number of amides is 1. The summed E-state index contributed by atoms with van der Waals surface area (Å²) in [7, 11) is 0. The third kappa shape index (κ3) is 3.63. The molecular formula is C21H20BrN5O2. The van der Waals surface area contributed by atoms with Crippen molar-refractivity contribution in [1.29, 1.82) is 0 Å². The lowest BCUT2D eigenvalue weighted by molar-refractivity contribution is -0.115. The van der Waals surface area contributed by atoms with Gasteiger partial charge >= 0.3 is 0 Å². The van der Waals surface area contributed by atoms with Gasteiger partial charge < -0.3 is 15.8 Å². The fraction of sp³-hybridized carbons (Fsp3) is 0.190. The molecule has 0 saturated carbocycles. The molecule has 4 rings (SSSR count). The zero-order chi connectivity index (χ0) is 20.5. The molecule has 0 saturated heterocycles. The average molecular weight is 454 g/mol. The number of rotatable bonds is 5. The smallest absolute Gasteiger partial charge is 0.248 e. The predicted octanol–water partition coefficient (Wildman–Crippen LogP) is 3.88. The molecule has 0 aliphatic carbocycles. The standard InChI is InChI=1S/C21H20BrN5O2/c1-3-29-16-9-7-13(8-10-16)20-25-21-24-12(2)17(19(23)28)18(27(21)26-20)14-5-4-6-15(22)11-14/h4-11,18H,3H2,1-2H3,(H2,23,28)(H,24,25,26). The van der Waals surface area contributed by atoms with Gasteiger partial charge in [0, 0.05) is 15.7 Å². The Bertz CT molecular complexity index is 1100. The molecule has 2 aromatic carbocycles. The van der Waals surface area contributed by atoms with Crippen molar-refractivity contribution in [3.8, 4) is 17.1 Å². The Morgan fingerprint density at radius 2 is 2.03 bits per heavy atom. The van der Waals surface area contributed by atoms with Crippen LogP contribution in [0.3, 0.4) is 0 Å². The number of anilines is 1. The minimum atomic E-state index is -0.497. The van der Waals surface area contributed by atoms with Crippen LogP contribution >= 0.6 is 15.9 Å². The number of ether oxygens (including phenoxy) is 1. The molecule has 1 aromatic heterocycles. The summed E-state index contributed by atoms with van der Waals surface area (Å²) in [4.78, 5) is 16.9. The molecule has 1 aliphatic rings. The van der Waals surface area contributed by atoms with Crippen molar-refractivity contribution < 1.29 is 9.53 Å². The molecule has 8 heteroatoms. The zero-order valence-electron chi connectivity index (χ0n) is 16.0. The van der Waals surface area contributed by atoms with Gasteiger partial charge in [0.25, 0.3) is 0 Å². The van der Waals surface area contributed by atoms with Gasteiger partial charge in [-0.1, -0.05) is 28.1 Å². The van der Waals surface area contributed by atoms with Crippen molar-refractivity contribution in [2.75, 3.05) is 11.9 Å². The van der Waals surface area contributed by atoms with Gasteiger partial charge in [-0.2, -0.15) is 4.98 Å². The van der Waals surface area contributed by atoms with E-state index in [1.165, 1.54) is 0 Å². The van der Waals surface area contributed by atoms with Crippen molar-refractivity contribution in [1.82, 2.24) is 14.8 Å². The summed E-state index contributed by atoms with van der Waals surface area (Å²) in [6.45, 7) is 4.37. The summed E-state index contributed by atoms with van der Waals surface area (Å²) in [5.41, 5.74) is 8.58. The third-order valence-electron chi connectivity index (χ3n) is 4.71. The van der Waals surface area contributed by atoms with Crippen LogP contribution in [0.5, 0.6) is 5.75 Å². The quantitative estimate of drug-likeness (QED) is 0.610. The molecule has 1 amide bonds. The predicted molar refractivity (Wildman–Crippen MR) is 114 cm³/mol. The number of aromatic nitrogens is 3. The molecule has 0 radical (unpaired) electrons. The van der Waals surface area contributed by atoms with Crippen LogP contribution in [0.15, 0.2) is 64.3 Å². The number of hydrogen-bond acceptors (Lipinski definition) is 5. The molecule has 148 valence electrons. The second kappa shape index (κ2) is 7.71. The Kier molecular flexibility index (Phi) is 5.10. The molecule has 1 atom stereocenters. The van der Waals surface area contributed by atoms with Crippen molar-refractivity contribution in [3.05, 3.63) is 69.8 Å². The van der Waals surface area contributed by atoms with Gasteiger partial charge in [-0.25, -0.2) is 4.68 Å². The fourth-order valence-electron chi connectivity index (χ4n) is 3.44. The van der Waals surface area contributed by atoms with Gasteiger partial charge in [-0.3, -0.25) is 4.79 Å². The van der Waals surface area contributed by atoms with Gasteiger partial charge in [-0.05, 0) is 55.8 Å². The molecule has 7 nitrogen and oxygen atoms in total. The van der Waals surface area contributed by atoms with Crippen molar-refractivity contribution >= 4 is 27.8 Å². The van der Waals surface area contributed by atoms with E-state index in [2.05, 4.69) is 26.2 Å². The summed E-state index contributed by atoms with van der Waals surface area (Å²) in [6, 6.07) is 14.9. The van der Waals surface area contributed by atoms with E-state index in [0.717, 1.165) is 21.3 Å². The minimum absolute atomic E-state index is 0.457. The summed E-state index contributed by atoms with van der Waals surface area (Å²) < 4.78 is 8.11. The maximum absolute atomic E-state index is 12.3. The Hall–Kier alpha value is -3.13. The number of fused-ring (bicyclic) bond motifs is 1. The van der Waals surface area contributed by atoms with Crippen LogP contribution in [-0.4, -0.2) is 27.3 Å². The lowest BCUT2D eigenvalue weighted by Crippen LogP contribution is -2.31. The number of nitrogens with zero attached hydrogens (tertiary/aromatic N) is 3. The Labute approximate surface area is 176 Å². The first-order valence-corrected chi connectivity index (χ1v) is 10.00. The molecule has 0 spiro atoms. The maximum atomic E-state index is 12.3. The molecule has 1 aliphatic heterocycles. The van der Waals surface area contributed by atoms with E-state index in [-0.39, 0.29) is 0 Å². The number of hydrogen-bond donors (Lipinski definition) is 2. The molecule has 1 unspecified atom stereocenters. The molecule has 0 fully saturated rings. The van der Waals surface area contributed by atoms with E-state index in [9.17, 15) is 4.79 Å². The first-order chi connectivity index (χ1) is 14.0. The van der Waals surface area contributed by atoms with E-state index >= 15 is 0 Å². The Balaban J connectivity index is 1.81. The van der Waals surface area contributed by atoms with E-state index in [1.807, 2.05) is 62.4 Å². The number of halogens is 1. The number of allylic oxidation sites excluding steroid dienone is 1. The van der Waals surface area contributed by atoms with Crippen LogP contribution in [0.25, 0.3) is 11.4 Å². The minimum Gasteiger partial charge on any atom is -0.494 e. The highest BCUT2D eigenvalue weighted by Crippen LogP contribution is 2.36. The van der Waals surface area contributed by atoms with E-state index in [0.29, 0.717) is 29.6 Å². The van der Waals surface area contributed by atoms with E-state index in [4.69, 9.17) is 15.6 Å². The zero-order valence-corrected chi connectivity index (χ0v) is 17.6. The SMILES string of the molecule is CCOc1ccc(-c2nc3n(n2)C(c2cccc(Br)c2)C(C(N)=O)=C(C)N3)cc1. The summed E-state index contributed by atoms with van der Waals surface area (Å²) in [5.74, 6) is 1.40. The Morgan fingerprint density at radius 1 is 1.28 bits per heavy atom. The monoisotopic (exact) mass is 453 g/mol. The number of carbonyl (C=O) groups excluding carboxylic acids is 1. The molecule has 3 aromatic rings. The second-order valence-electron chi connectivity index (χ2n) is 6.65. The largest absolute Gasteiger partial charge is 0.494 e. The van der Waals surface area contributed by atoms with Gasteiger partial charge in [0.15, 0.2) is 5.82 Å². The highest BCUT2D eigenvalue weighted by Gasteiger charge is 2.33. The number of carbonyl (C=O) groups is 1. The van der Waals surface area contributed by atoms with Crippen LogP contribution in [0, 0.1) is 0 Å². The maximum Gasteiger partial charge on any atom is 0.248 e. The highest BCUT2D eigenvalue weighted by atomic mass is 79.9. The molecule has 29 heavy (non-hydrogen) atoms. The molecule has 0 bridgehead atoms. The first-order valence-electron chi connectivity index (χ1n) is 9.20. The van der Waals surface area contributed by atoms with Crippen molar-refractivity contribution in [3.63, 3.8) is 0 Å². The van der Waals surface area contributed by atoms with Crippen LogP contribution in [0.1, 0.15) is 25.5 Å². The second-order valence-corrected chi connectivity index (χ2v) is 7.56. The topological polar surface area (TPSA) is 95.1 Å².